The number of rotatable bonds is 36. The number of unbranched alkanes of at least 4 members (excludes halogenated alkanes) is 11. The van der Waals surface area contributed by atoms with Crippen LogP contribution in [0.15, 0.2) is 12.2 Å². The van der Waals surface area contributed by atoms with E-state index in [2.05, 4.69) is 19.1 Å². The fourth-order valence-corrected chi connectivity index (χ4v) is 4.47. The molecule has 0 aliphatic rings. The van der Waals surface area contributed by atoms with Crippen LogP contribution in [0.4, 0.5) is 0 Å². The molecule has 274 valence electrons. The zero-order valence-corrected chi connectivity index (χ0v) is 28.4. The number of allylic oxidation sites excluding steroid dienone is 2. The van der Waals surface area contributed by atoms with Crippen LogP contribution in [0, 0.1) is 0 Å². The van der Waals surface area contributed by atoms with Gasteiger partial charge in [0.1, 0.15) is 18.3 Å². The van der Waals surface area contributed by atoms with Crippen LogP contribution in [0.1, 0.15) is 96.8 Å². The van der Waals surface area contributed by atoms with Crippen molar-refractivity contribution in [1.29, 1.82) is 0 Å². The summed E-state index contributed by atoms with van der Waals surface area (Å²) in [4.78, 5) is 12.5. The van der Waals surface area contributed by atoms with E-state index in [9.17, 15) is 20.1 Å². The van der Waals surface area contributed by atoms with E-state index in [1.54, 1.807) is 0 Å². The van der Waals surface area contributed by atoms with Crippen molar-refractivity contribution >= 4 is 5.97 Å². The third kappa shape index (κ3) is 29.0. The minimum absolute atomic E-state index is 0.0136. The molecule has 0 rings (SSSR count). The minimum Gasteiger partial charge on any atom is -0.457 e. The van der Waals surface area contributed by atoms with E-state index in [0.717, 1.165) is 38.5 Å². The van der Waals surface area contributed by atoms with Crippen molar-refractivity contribution in [2.24, 2.45) is 0 Å². The maximum Gasteiger partial charge on any atom is 0.306 e. The summed E-state index contributed by atoms with van der Waals surface area (Å²) < 4.78 is 32.1. The molecule has 0 bridgehead atoms. The van der Waals surface area contributed by atoms with Gasteiger partial charge in [0.2, 0.25) is 0 Å². The third-order valence-corrected chi connectivity index (χ3v) is 7.24. The van der Waals surface area contributed by atoms with Gasteiger partial charge in [0.05, 0.1) is 79.3 Å². The Balaban J connectivity index is 4.07. The highest BCUT2D eigenvalue weighted by molar-refractivity contribution is 5.69. The molecule has 0 saturated heterocycles. The molecule has 0 spiro atoms. The van der Waals surface area contributed by atoms with E-state index in [1.807, 2.05) is 0 Å². The van der Waals surface area contributed by atoms with Gasteiger partial charge in [0.25, 0.3) is 0 Å². The van der Waals surface area contributed by atoms with Crippen molar-refractivity contribution in [1.82, 2.24) is 0 Å². The molecule has 46 heavy (non-hydrogen) atoms. The fourth-order valence-electron chi connectivity index (χ4n) is 4.47. The summed E-state index contributed by atoms with van der Waals surface area (Å²) >= 11 is 0. The van der Waals surface area contributed by atoms with Crippen molar-refractivity contribution in [2.45, 2.75) is 121 Å². The Bertz CT molecular complexity index is 666. The maximum absolute atomic E-state index is 12.5. The van der Waals surface area contributed by atoms with Gasteiger partial charge >= 0.3 is 5.97 Å². The SMILES string of the molecule is CCCCCCCC/C=C\CCCCCCCC(=O)O[C@@H](COCCOCCOCCOCCOCCO)[C@@H](O)[C@H](O)[C@H](O)CO. The second-order valence-electron chi connectivity index (χ2n) is 11.3. The van der Waals surface area contributed by atoms with E-state index in [1.165, 1.54) is 38.5 Å². The van der Waals surface area contributed by atoms with E-state index >= 15 is 0 Å². The van der Waals surface area contributed by atoms with Crippen molar-refractivity contribution in [3.8, 4) is 0 Å². The van der Waals surface area contributed by atoms with Crippen LogP contribution in [-0.2, 0) is 33.2 Å². The van der Waals surface area contributed by atoms with E-state index < -0.39 is 37.0 Å². The number of hydrogen-bond donors (Lipinski definition) is 5. The van der Waals surface area contributed by atoms with E-state index in [-0.39, 0.29) is 32.8 Å². The lowest BCUT2D eigenvalue weighted by Gasteiger charge is -2.28. The zero-order valence-electron chi connectivity index (χ0n) is 28.4. The van der Waals surface area contributed by atoms with Gasteiger partial charge in [-0.25, -0.2) is 0 Å². The van der Waals surface area contributed by atoms with Gasteiger partial charge in [-0.05, 0) is 32.1 Å². The predicted molar refractivity (Wildman–Crippen MR) is 176 cm³/mol. The molecule has 4 atom stereocenters. The summed E-state index contributed by atoms with van der Waals surface area (Å²) in [6, 6.07) is 0. The van der Waals surface area contributed by atoms with Crippen LogP contribution in [0.2, 0.25) is 0 Å². The Morgan fingerprint density at radius 2 is 1.04 bits per heavy atom. The molecule has 12 nitrogen and oxygen atoms in total. The van der Waals surface area contributed by atoms with Crippen molar-refractivity contribution in [3.05, 3.63) is 12.2 Å². The first-order valence-electron chi connectivity index (χ1n) is 17.5. The lowest BCUT2D eigenvalue weighted by molar-refractivity contribution is -0.174. The Labute approximate surface area is 277 Å². The number of hydrogen-bond acceptors (Lipinski definition) is 12. The Hall–Kier alpha value is -1.19. The summed E-state index contributed by atoms with van der Waals surface area (Å²) in [5, 5.41) is 48.1. The van der Waals surface area contributed by atoms with Crippen molar-refractivity contribution < 1.29 is 58.7 Å². The van der Waals surface area contributed by atoms with Gasteiger partial charge in [-0.15, -0.1) is 0 Å². The summed E-state index contributed by atoms with van der Waals surface area (Å²) in [6.45, 7) is 4.29. The van der Waals surface area contributed by atoms with Crippen LogP contribution in [0.25, 0.3) is 0 Å². The second-order valence-corrected chi connectivity index (χ2v) is 11.3. The Morgan fingerprint density at radius 3 is 1.54 bits per heavy atom. The molecule has 0 aliphatic carbocycles. The maximum atomic E-state index is 12.5. The number of esters is 1. The molecule has 0 aliphatic heterocycles. The highest BCUT2D eigenvalue weighted by atomic mass is 16.6. The number of aliphatic hydroxyl groups excluding tert-OH is 5. The summed E-state index contributed by atoms with van der Waals surface area (Å²) in [7, 11) is 0. The van der Waals surface area contributed by atoms with Gasteiger partial charge in [-0.3, -0.25) is 4.79 Å². The molecule has 0 heterocycles. The fraction of sp³-hybridized carbons (Fsp3) is 0.912. The number of aliphatic hydroxyl groups is 5. The molecule has 5 N–H and O–H groups in total. The molecule has 12 heteroatoms. The van der Waals surface area contributed by atoms with Crippen LogP contribution >= 0.6 is 0 Å². The first kappa shape index (κ1) is 44.8. The molecule has 0 aromatic heterocycles. The average molecular weight is 667 g/mol. The Kier molecular flexibility index (Phi) is 34.2. The molecule has 0 fully saturated rings. The second kappa shape index (κ2) is 35.1. The van der Waals surface area contributed by atoms with Gasteiger partial charge in [0.15, 0.2) is 6.10 Å². The lowest BCUT2D eigenvalue weighted by Crippen LogP contribution is -2.49. The van der Waals surface area contributed by atoms with Gasteiger partial charge < -0.3 is 54.0 Å². The van der Waals surface area contributed by atoms with Crippen LogP contribution in [0.3, 0.4) is 0 Å². The van der Waals surface area contributed by atoms with Crippen molar-refractivity contribution in [2.75, 3.05) is 79.3 Å². The monoisotopic (exact) mass is 666 g/mol. The zero-order chi connectivity index (χ0) is 33.9. The molecule has 0 saturated carbocycles. The third-order valence-electron chi connectivity index (χ3n) is 7.24. The van der Waals surface area contributed by atoms with Gasteiger partial charge in [-0.2, -0.15) is 0 Å². The summed E-state index contributed by atoms with van der Waals surface area (Å²) in [5.74, 6) is -0.522. The predicted octanol–water partition coefficient (Wildman–Crippen LogP) is 3.09. The molecule has 0 unspecified atom stereocenters. The molecule has 0 radical (unpaired) electrons. The highest BCUT2D eigenvalue weighted by Crippen LogP contribution is 2.13. The van der Waals surface area contributed by atoms with Crippen molar-refractivity contribution in [3.63, 3.8) is 0 Å². The summed E-state index contributed by atoms with van der Waals surface area (Å²) in [6.07, 6.45) is 13.5. The number of carbonyl (C=O) groups is 1. The van der Waals surface area contributed by atoms with E-state index in [0.29, 0.717) is 52.7 Å². The number of carbonyl (C=O) groups excluding carboxylic acids is 1. The molecule has 0 amide bonds. The van der Waals surface area contributed by atoms with Crippen LogP contribution in [0.5, 0.6) is 0 Å². The normalized spacial score (nSPS) is 14.5. The highest BCUT2D eigenvalue weighted by Gasteiger charge is 2.33. The largest absolute Gasteiger partial charge is 0.457 e. The molecular formula is C34H66O12. The number of ether oxygens (including phenoxy) is 6. The standard InChI is InChI=1S/C34H66O12/c1-2-3-4-5-6-7-8-9-10-11-12-13-14-15-16-17-32(38)46-31(34(40)33(39)30(37)28-36)29-45-27-26-44-25-24-43-23-22-42-21-20-41-19-18-35/h9-10,30-31,33-37,39-40H,2-8,11-29H2,1H3/b10-9-/t30-,31+,33-,34-/m1/s1. The van der Waals surface area contributed by atoms with Gasteiger partial charge in [0, 0.05) is 6.42 Å². The smallest absolute Gasteiger partial charge is 0.306 e. The average Bonchev–Trinajstić information content (AvgIpc) is 3.06. The first-order chi connectivity index (χ1) is 22.5. The van der Waals surface area contributed by atoms with Gasteiger partial charge in [-0.1, -0.05) is 70.4 Å². The minimum atomic E-state index is -1.71. The topological polar surface area (TPSA) is 174 Å². The van der Waals surface area contributed by atoms with E-state index in [4.69, 9.17) is 38.6 Å². The summed E-state index contributed by atoms with van der Waals surface area (Å²) in [5.41, 5.74) is 0. The lowest BCUT2D eigenvalue weighted by atomic mass is 10.0. The van der Waals surface area contributed by atoms with Crippen LogP contribution < -0.4 is 0 Å². The quantitative estimate of drug-likeness (QED) is 0.0376. The molecule has 0 aromatic carbocycles. The first-order valence-corrected chi connectivity index (χ1v) is 17.5. The molecule has 0 aromatic rings. The molecular weight excluding hydrogens is 600 g/mol. The Morgan fingerprint density at radius 1 is 0.587 bits per heavy atom. The van der Waals surface area contributed by atoms with Crippen LogP contribution in [-0.4, -0.2) is 135 Å².